The maximum atomic E-state index is 11.4. The number of nitro benzene ring substituents is 1. The van der Waals surface area contributed by atoms with Crippen molar-refractivity contribution in [3.63, 3.8) is 0 Å². The van der Waals surface area contributed by atoms with E-state index < -0.39 is 5.72 Å². The van der Waals surface area contributed by atoms with Crippen LogP contribution in [0.1, 0.15) is 37.3 Å². The van der Waals surface area contributed by atoms with Crippen LogP contribution < -0.4 is 5.32 Å². The lowest BCUT2D eigenvalue weighted by atomic mass is 9.73. The molecule has 0 spiro atoms. The van der Waals surface area contributed by atoms with Crippen LogP contribution in [0.3, 0.4) is 0 Å². The van der Waals surface area contributed by atoms with Crippen LogP contribution in [0.2, 0.25) is 0 Å². The Hall–Kier alpha value is -2.48. The van der Waals surface area contributed by atoms with Crippen molar-refractivity contribution in [3.8, 4) is 0 Å². The van der Waals surface area contributed by atoms with Gasteiger partial charge < -0.3 is 10.4 Å². The summed E-state index contributed by atoms with van der Waals surface area (Å²) in [5.74, 6) is 0.264. The molecule has 2 aliphatic rings. The van der Waals surface area contributed by atoms with Gasteiger partial charge in [-0.15, -0.1) is 0 Å². The summed E-state index contributed by atoms with van der Waals surface area (Å²) < 4.78 is 1.53. The summed E-state index contributed by atoms with van der Waals surface area (Å²) in [7, 11) is 0. The molecule has 3 unspecified atom stereocenters. The Bertz CT molecular complexity index is 761. The number of hydrogen-bond acceptors (Lipinski definition) is 6. The average Bonchev–Trinajstić information content (AvgIpc) is 3.03. The Morgan fingerprint density at radius 3 is 3.04 bits per heavy atom. The molecule has 1 aromatic heterocycles. The highest BCUT2D eigenvalue weighted by atomic mass is 16.6. The number of nitrogens with zero attached hydrogens (tertiary/aromatic N) is 4. The van der Waals surface area contributed by atoms with Gasteiger partial charge in [-0.25, -0.2) is 0 Å². The highest BCUT2D eigenvalue weighted by Crippen LogP contribution is 2.50. The molecule has 0 amide bonds. The zero-order chi connectivity index (χ0) is 16.0. The lowest BCUT2D eigenvalue weighted by Crippen LogP contribution is -2.52. The summed E-state index contributed by atoms with van der Waals surface area (Å²) in [5, 5.41) is 30.0. The second-order valence-electron chi connectivity index (χ2n) is 6.16. The minimum atomic E-state index is -1.15. The van der Waals surface area contributed by atoms with E-state index in [1.165, 1.54) is 17.1 Å². The van der Waals surface area contributed by atoms with Crippen molar-refractivity contribution in [3.05, 3.63) is 46.3 Å². The molecular weight excluding hydrogens is 298 g/mol. The summed E-state index contributed by atoms with van der Waals surface area (Å²) in [4.78, 5) is 15.2. The van der Waals surface area contributed by atoms with Gasteiger partial charge in [-0.2, -0.15) is 14.8 Å². The van der Waals surface area contributed by atoms with Crippen LogP contribution in [0.5, 0.6) is 0 Å². The van der Waals surface area contributed by atoms with Crippen molar-refractivity contribution in [1.82, 2.24) is 14.8 Å². The second kappa shape index (κ2) is 5.02. The van der Waals surface area contributed by atoms with Crippen LogP contribution in [0.25, 0.3) is 0 Å². The molecule has 2 aromatic rings. The van der Waals surface area contributed by atoms with E-state index in [1.54, 1.807) is 18.2 Å². The van der Waals surface area contributed by atoms with Crippen LogP contribution in [-0.4, -0.2) is 24.8 Å². The average molecular weight is 315 g/mol. The summed E-state index contributed by atoms with van der Waals surface area (Å²) in [6, 6.07) is 6.32. The largest absolute Gasteiger partial charge is 0.369 e. The lowest BCUT2D eigenvalue weighted by molar-refractivity contribution is -0.385. The molecule has 1 aliphatic heterocycles. The van der Waals surface area contributed by atoms with Crippen molar-refractivity contribution in [2.45, 2.75) is 37.5 Å². The third-order valence-corrected chi connectivity index (χ3v) is 4.97. The van der Waals surface area contributed by atoms with E-state index in [1.807, 2.05) is 0 Å². The number of nitrogens with one attached hydrogen (secondary N) is 1. The quantitative estimate of drug-likeness (QED) is 0.650. The van der Waals surface area contributed by atoms with E-state index in [2.05, 4.69) is 15.4 Å². The van der Waals surface area contributed by atoms with E-state index in [4.69, 9.17) is 0 Å². The molecule has 8 heteroatoms. The van der Waals surface area contributed by atoms with Gasteiger partial charge in [0.2, 0.25) is 5.95 Å². The van der Waals surface area contributed by atoms with Gasteiger partial charge >= 0.3 is 0 Å². The van der Waals surface area contributed by atoms with Gasteiger partial charge in [0, 0.05) is 12.0 Å². The van der Waals surface area contributed by atoms with Gasteiger partial charge in [0.1, 0.15) is 6.33 Å². The van der Waals surface area contributed by atoms with Gasteiger partial charge in [-0.3, -0.25) is 10.1 Å². The van der Waals surface area contributed by atoms with Gasteiger partial charge in [0.25, 0.3) is 5.69 Å². The number of aliphatic hydroxyl groups is 1. The predicted octanol–water partition coefficient (Wildman–Crippen LogP) is 2.19. The normalized spacial score (nSPS) is 29.3. The number of rotatable bonds is 2. The van der Waals surface area contributed by atoms with Crippen molar-refractivity contribution < 1.29 is 10.0 Å². The highest BCUT2D eigenvalue weighted by molar-refractivity contribution is 5.47. The molecule has 2 heterocycles. The fraction of sp³-hybridized carbons (Fsp3) is 0.467. The lowest BCUT2D eigenvalue weighted by Gasteiger charge is -2.47. The maximum Gasteiger partial charge on any atom is 0.274 e. The van der Waals surface area contributed by atoms with E-state index in [9.17, 15) is 15.2 Å². The predicted molar refractivity (Wildman–Crippen MR) is 81.6 cm³/mol. The molecule has 8 nitrogen and oxygen atoms in total. The first kappa shape index (κ1) is 14.1. The number of aromatic nitrogens is 3. The Kier molecular flexibility index (Phi) is 3.08. The number of benzene rings is 1. The minimum absolute atomic E-state index is 0.0610. The molecular formula is C15H17N5O3. The fourth-order valence-corrected chi connectivity index (χ4v) is 3.94. The van der Waals surface area contributed by atoms with E-state index in [-0.39, 0.29) is 22.6 Å². The molecule has 1 aromatic carbocycles. The Morgan fingerprint density at radius 2 is 2.22 bits per heavy atom. The summed E-state index contributed by atoms with van der Waals surface area (Å²) in [5.41, 5.74) is -0.507. The molecule has 23 heavy (non-hydrogen) atoms. The van der Waals surface area contributed by atoms with Gasteiger partial charge in [0.05, 0.1) is 16.5 Å². The van der Waals surface area contributed by atoms with E-state index in [0.717, 1.165) is 19.3 Å². The summed E-state index contributed by atoms with van der Waals surface area (Å²) in [6.07, 6.45) is 4.63. The SMILES string of the molecule is O=[N+]([O-])c1ccccc1C1Nc2ncnn2C2(O)CCCCC12. The number of para-hydroxylation sites is 1. The first-order valence-electron chi connectivity index (χ1n) is 7.74. The molecule has 3 atom stereocenters. The van der Waals surface area contributed by atoms with Crippen LogP contribution in [0.4, 0.5) is 11.6 Å². The molecule has 4 rings (SSSR count). The van der Waals surface area contributed by atoms with E-state index >= 15 is 0 Å². The third-order valence-electron chi connectivity index (χ3n) is 4.97. The standard InChI is InChI=1S/C15H17N5O3/c21-15-8-4-3-6-11(15)13(18-14-16-9-17-19(14)15)10-5-1-2-7-12(10)20(22)23/h1-2,5,7,9,11,13,21H,3-4,6,8H2,(H,16,17,18). The first-order valence-corrected chi connectivity index (χ1v) is 7.74. The molecule has 1 saturated carbocycles. The second-order valence-corrected chi connectivity index (χ2v) is 6.16. The number of anilines is 1. The Morgan fingerprint density at radius 1 is 1.39 bits per heavy atom. The zero-order valence-electron chi connectivity index (χ0n) is 12.4. The van der Waals surface area contributed by atoms with Gasteiger partial charge in [-0.05, 0) is 19.3 Å². The monoisotopic (exact) mass is 315 g/mol. The van der Waals surface area contributed by atoms with Gasteiger partial charge in [-0.1, -0.05) is 24.6 Å². The topological polar surface area (TPSA) is 106 Å². The van der Waals surface area contributed by atoms with Crippen molar-refractivity contribution in [2.75, 3.05) is 5.32 Å². The molecule has 120 valence electrons. The minimum Gasteiger partial charge on any atom is -0.369 e. The van der Waals surface area contributed by atoms with Crippen molar-refractivity contribution in [2.24, 2.45) is 5.92 Å². The van der Waals surface area contributed by atoms with Crippen LogP contribution in [0, 0.1) is 16.0 Å². The number of nitro groups is 1. The van der Waals surface area contributed by atoms with Crippen LogP contribution in [-0.2, 0) is 5.72 Å². The Labute approximate surface area is 132 Å². The third kappa shape index (κ3) is 2.02. The van der Waals surface area contributed by atoms with Crippen molar-refractivity contribution >= 4 is 11.6 Å². The summed E-state index contributed by atoms with van der Waals surface area (Å²) >= 11 is 0. The number of hydrogen-bond donors (Lipinski definition) is 2. The highest BCUT2D eigenvalue weighted by Gasteiger charge is 2.51. The molecule has 1 fully saturated rings. The molecule has 0 radical (unpaired) electrons. The van der Waals surface area contributed by atoms with Crippen LogP contribution in [0.15, 0.2) is 30.6 Å². The molecule has 1 aliphatic carbocycles. The Balaban J connectivity index is 1.86. The molecule has 0 bridgehead atoms. The van der Waals surface area contributed by atoms with Crippen LogP contribution >= 0.6 is 0 Å². The molecule has 2 N–H and O–H groups in total. The summed E-state index contributed by atoms with van der Waals surface area (Å²) in [6.45, 7) is 0. The molecule has 0 saturated heterocycles. The maximum absolute atomic E-state index is 11.4. The fourth-order valence-electron chi connectivity index (χ4n) is 3.94. The smallest absolute Gasteiger partial charge is 0.274 e. The number of fused-ring (bicyclic) bond motifs is 3. The zero-order valence-corrected chi connectivity index (χ0v) is 12.4. The van der Waals surface area contributed by atoms with E-state index in [0.29, 0.717) is 17.9 Å². The van der Waals surface area contributed by atoms with Crippen molar-refractivity contribution in [1.29, 1.82) is 0 Å². The first-order chi connectivity index (χ1) is 11.1. The van der Waals surface area contributed by atoms with Gasteiger partial charge in [0.15, 0.2) is 5.72 Å².